The Kier molecular flexibility index (Phi) is 8.99. The van der Waals surface area contributed by atoms with Crippen molar-refractivity contribution in [2.24, 2.45) is 0 Å². The Hall–Kier alpha value is -7.94. The van der Waals surface area contributed by atoms with E-state index in [1.54, 1.807) is 0 Å². The summed E-state index contributed by atoms with van der Waals surface area (Å²) < 4.78 is 6.59. The van der Waals surface area contributed by atoms with Gasteiger partial charge < -0.3 is 9.32 Å². The highest BCUT2D eigenvalue weighted by atomic mass is 16.3. The number of benzene rings is 10. The summed E-state index contributed by atoms with van der Waals surface area (Å²) in [5, 5.41) is 4.75. The van der Waals surface area contributed by atoms with Crippen molar-refractivity contribution in [2.75, 3.05) is 4.90 Å². The first-order chi connectivity index (χ1) is 33.4. The standard InChI is InChI=1S/C67H53NO/c1-65(2,3)46-26-32-53-54-33-27-47(66(4,5)6)39-61(54)67(60(53)38-46)59-36-25-45(52-21-14-18-44-17-10-11-19-51(44)52)37-58(59)55-34-30-49(40-62(55)67)68(48-28-23-43(24-29-48)42-15-8-7-9-16-42)50-31-35-57-56-20-12-13-22-63(56)69-64(57)41-50/h7-41H,1-6H3. The van der Waals surface area contributed by atoms with Gasteiger partial charge in [0, 0.05) is 33.9 Å². The van der Waals surface area contributed by atoms with Crippen molar-refractivity contribution in [1.82, 2.24) is 0 Å². The lowest BCUT2D eigenvalue weighted by molar-refractivity contribution is 0.586. The molecule has 0 aliphatic heterocycles. The summed E-state index contributed by atoms with van der Waals surface area (Å²) in [5.41, 5.74) is 22.3. The molecule has 10 aromatic carbocycles. The first kappa shape index (κ1) is 41.3. The zero-order chi connectivity index (χ0) is 46.8. The summed E-state index contributed by atoms with van der Waals surface area (Å²) in [6.07, 6.45) is 0. The Morgan fingerprint density at radius 3 is 1.59 bits per heavy atom. The number of furan rings is 1. The van der Waals surface area contributed by atoms with Crippen LogP contribution in [0.3, 0.4) is 0 Å². The van der Waals surface area contributed by atoms with E-state index < -0.39 is 5.41 Å². The average molecular weight is 888 g/mol. The van der Waals surface area contributed by atoms with Crippen molar-refractivity contribution < 1.29 is 4.42 Å². The first-order valence-corrected chi connectivity index (χ1v) is 24.4. The third kappa shape index (κ3) is 6.31. The topological polar surface area (TPSA) is 16.4 Å². The molecular weight excluding hydrogens is 835 g/mol. The van der Waals surface area contributed by atoms with E-state index in [1.807, 2.05) is 6.07 Å². The fraction of sp³-hybridized carbons (Fsp3) is 0.134. The number of fused-ring (bicyclic) bond motifs is 14. The van der Waals surface area contributed by atoms with Crippen molar-refractivity contribution in [1.29, 1.82) is 0 Å². The molecule has 2 heteroatoms. The van der Waals surface area contributed by atoms with Gasteiger partial charge in [-0.2, -0.15) is 0 Å². The third-order valence-corrected chi connectivity index (χ3v) is 15.2. The van der Waals surface area contributed by atoms with E-state index in [0.717, 1.165) is 39.0 Å². The number of nitrogens with zero attached hydrogens (tertiary/aromatic N) is 1. The van der Waals surface area contributed by atoms with Gasteiger partial charge in [0.2, 0.25) is 0 Å². The highest BCUT2D eigenvalue weighted by molar-refractivity contribution is 6.06. The number of anilines is 3. The van der Waals surface area contributed by atoms with Crippen LogP contribution in [-0.2, 0) is 16.2 Å². The molecule has 0 atom stereocenters. The van der Waals surface area contributed by atoms with E-state index >= 15 is 0 Å². The maximum atomic E-state index is 6.59. The maximum absolute atomic E-state index is 6.59. The lowest BCUT2D eigenvalue weighted by Crippen LogP contribution is -2.27. The van der Waals surface area contributed by atoms with Crippen LogP contribution in [0.15, 0.2) is 217 Å². The van der Waals surface area contributed by atoms with Gasteiger partial charge in [0.1, 0.15) is 11.2 Å². The highest BCUT2D eigenvalue weighted by Crippen LogP contribution is 2.64. The second kappa shape index (κ2) is 15.0. The summed E-state index contributed by atoms with van der Waals surface area (Å²) >= 11 is 0. The van der Waals surface area contributed by atoms with E-state index in [2.05, 4.69) is 253 Å². The Bertz CT molecular complexity index is 3790. The van der Waals surface area contributed by atoms with Gasteiger partial charge in [-0.1, -0.05) is 199 Å². The molecule has 0 bridgehead atoms. The molecule has 1 aromatic heterocycles. The van der Waals surface area contributed by atoms with E-state index in [9.17, 15) is 0 Å². The monoisotopic (exact) mass is 887 g/mol. The van der Waals surface area contributed by atoms with Gasteiger partial charge in [-0.15, -0.1) is 0 Å². The fourth-order valence-corrected chi connectivity index (χ4v) is 11.7. The number of para-hydroxylation sites is 1. The van der Waals surface area contributed by atoms with Crippen LogP contribution in [0.25, 0.3) is 77.2 Å². The number of hydrogen-bond acceptors (Lipinski definition) is 2. The second-order valence-electron chi connectivity index (χ2n) is 21.3. The summed E-state index contributed by atoms with van der Waals surface area (Å²) in [5.74, 6) is 0. The van der Waals surface area contributed by atoms with Crippen molar-refractivity contribution in [3.8, 4) is 44.5 Å². The number of rotatable bonds is 5. The molecule has 2 aliphatic carbocycles. The molecule has 1 spiro atoms. The van der Waals surface area contributed by atoms with Crippen molar-refractivity contribution in [3.63, 3.8) is 0 Å². The maximum Gasteiger partial charge on any atom is 0.137 e. The van der Waals surface area contributed by atoms with Gasteiger partial charge in [0.15, 0.2) is 0 Å². The van der Waals surface area contributed by atoms with Crippen LogP contribution in [0.2, 0.25) is 0 Å². The van der Waals surface area contributed by atoms with Gasteiger partial charge in [-0.05, 0) is 148 Å². The van der Waals surface area contributed by atoms with Crippen LogP contribution < -0.4 is 4.90 Å². The molecule has 1 heterocycles. The van der Waals surface area contributed by atoms with Gasteiger partial charge >= 0.3 is 0 Å². The Morgan fingerprint density at radius 2 is 0.870 bits per heavy atom. The molecule has 0 saturated heterocycles. The van der Waals surface area contributed by atoms with Crippen molar-refractivity contribution in [3.05, 3.63) is 246 Å². The molecule has 0 fully saturated rings. The van der Waals surface area contributed by atoms with Crippen LogP contribution in [0.5, 0.6) is 0 Å². The number of hydrogen-bond donors (Lipinski definition) is 0. The molecule has 69 heavy (non-hydrogen) atoms. The fourth-order valence-electron chi connectivity index (χ4n) is 11.7. The highest BCUT2D eigenvalue weighted by Gasteiger charge is 2.52. The van der Waals surface area contributed by atoms with E-state index in [-0.39, 0.29) is 10.8 Å². The molecule has 13 rings (SSSR count). The van der Waals surface area contributed by atoms with E-state index in [4.69, 9.17) is 4.42 Å². The third-order valence-electron chi connectivity index (χ3n) is 15.2. The molecular formula is C67H53NO. The molecule has 2 nitrogen and oxygen atoms in total. The molecule has 0 radical (unpaired) electrons. The molecule has 0 unspecified atom stereocenters. The van der Waals surface area contributed by atoms with E-state index in [0.29, 0.717) is 0 Å². The van der Waals surface area contributed by atoms with Crippen molar-refractivity contribution >= 4 is 49.8 Å². The zero-order valence-corrected chi connectivity index (χ0v) is 40.1. The quantitative estimate of drug-likeness (QED) is 0.171. The summed E-state index contributed by atoms with van der Waals surface area (Å²) in [4.78, 5) is 2.42. The minimum Gasteiger partial charge on any atom is -0.456 e. The average Bonchev–Trinajstić information content (AvgIpc) is 3.99. The Balaban J connectivity index is 1.10. The van der Waals surface area contributed by atoms with Crippen LogP contribution in [0.4, 0.5) is 17.1 Å². The molecule has 0 amide bonds. The van der Waals surface area contributed by atoms with Crippen LogP contribution in [0.1, 0.15) is 74.9 Å². The van der Waals surface area contributed by atoms with Crippen LogP contribution in [0, 0.1) is 0 Å². The minimum atomic E-state index is -0.587. The van der Waals surface area contributed by atoms with Gasteiger partial charge in [-0.25, -0.2) is 0 Å². The predicted octanol–water partition coefficient (Wildman–Crippen LogP) is 18.5. The Labute approximate surface area is 405 Å². The Morgan fingerprint density at radius 1 is 0.333 bits per heavy atom. The van der Waals surface area contributed by atoms with Gasteiger partial charge in [0.25, 0.3) is 0 Å². The molecule has 0 saturated carbocycles. The molecule has 11 aromatic rings. The zero-order valence-electron chi connectivity index (χ0n) is 40.1. The van der Waals surface area contributed by atoms with Crippen molar-refractivity contribution in [2.45, 2.75) is 57.8 Å². The largest absolute Gasteiger partial charge is 0.456 e. The second-order valence-corrected chi connectivity index (χ2v) is 21.3. The molecule has 332 valence electrons. The van der Waals surface area contributed by atoms with Gasteiger partial charge in [-0.3, -0.25) is 0 Å². The normalized spacial score (nSPS) is 13.5. The predicted molar refractivity (Wildman–Crippen MR) is 290 cm³/mol. The summed E-state index contributed by atoms with van der Waals surface area (Å²) in [6, 6.07) is 79.5. The van der Waals surface area contributed by atoms with Gasteiger partial charge in [0.05, 0.1) is 5.41 Å². The smallest absolute Gasteiger partial charge is 0.137 e. The first-order valence-electron chi connectivity index (χ1n) is 24.4. The minimum absolute atomic E-state index is 0.0517. The lowest BCUT2D eigenvalue weighted by atomic mass is 9.68. The molecule has 0 N–H and O–H groups in total. The lowest BCUT2D eigenvalue weighted by Gasteiger charge is -2.34. The van der Waals surface area contributed by atoms with Crippen LogP contribution >= 0.6 is 0 Å². The summed E-state index contributed by atoms with van der Waals surface area (Å²) in [7, 11) is 0. The molecule has 2 aliphatic rings. The SMILES string of the molecule is CC(C)(C)c1ccc2c(c1)C1(c3ccc(-c4cccc5ccccc45)cc3-c3ccc(N(c4ccc(-c5ccccc5)cc4)c4ccc5c(c4)oc4ccccc45)cc31)c1cc(C(C)(C)C)ccc1-2. The summed E-state index contributed by atoms with van der Waals surface area (Å²) in [6.45, 7) is 14.0. The van der Waals surface area contributed by atoms with E-state index in [1.165, 1.54) is 88.7 Å². The van der Waals surface area contributed by atoms with Crippen LogP contribution in [-0.4, -0.2) is 0 Å².